The summed E-state index contributed by atoms with van der Waals surface area (Å²) < 4.78 is 7.11. The molecule has 0 N–H and O–H groups in total. The lowest BCUT2D eigenvalue weighted by Gasteiger charge is -2.18. The van der Waals surface area contributed by atoms with Crippen LogP contribution in [0.1, 0.15) is 63.6 Å². The van der Waals surface area contributed by atoms with Gasteiger partial charge in [-0.15, -0.1) is 5.10 Å². The minimum Gasteiger partial charge on any atom is -0.455 e. The van der Waals surface area contributed by atoms with Crippen molar-refractivity contribution in [1.29, 1.82) is 0 Å². The van der Waals surface area contributed by atoms with E-state index >= 15 is 0 Å². The summed E-state index contributed by atoms with van der Waals surface area (Å²) >= 11 is 0. The van der Waals surface area contributed by atoms with Crippen molar-refractivity contribution >= 4 is 5.97 Å². The van der Waals surface area contributed by atoms with Crippen molar-refractivity contribution in [2.24, 2.45) is 5.92 Å². The topological polar surface area (TPSA) is 57.0 Å². The molecule has 1 unspecified atom stereocenters. The number of hydrogen-bond acceptors (Lipinski definition) is 4. The Balaban J connectivity index is 2.78. The number of nitrogens with zero attached hydrogens (tertiary/aromatic N) is 3. The van der Waals surface area contributed by atoms with Gasteiger partial charge < -0.3 is 4.74 Å². The summed E-state index contributed by atoms with van der Waals surface area (Å²) in [5, 5.41) is 8.01. The summed E-state index contributed by atoms with van der Waals surface area (Å²) in [6.45, 7) is 12.5. The third-order valence-electron chi connectivity index (χ3n) is 2.84. The van der Waals surface area contributed by atoms with Crippen molar-refractivity contribution in [1.82, 2.24) is 15.0 Å². The maximum absolute atomic E-state index is 12.0. The predicted molar refractivity (Wildman–Crippen MR) is 74.0 cm³/mol. The number of rotatable bonds is 5. The van der Waals surface area contributed by atoms with Crippen LogP contribution < -0.4 is 0 Å². The first-order chi connectivity index (χ1) is 8.74. The molecule has 1 atom stereocenters. The van der Waals surface area contributed by atoms with Crippen LogP contribution in [0, 0.1) is 12.8 Å². The van der Waals surface area contributed by atoms with Crippen LogP contribution in [0.3, 0.4) is 0 Å². The molecule has 0 amide bonds. The van der Waals surface area contributed by atoms with E-state index in [1.54, 1.807) is 4.68 Å². The minimum atomic E-state index is -0.511. The molecule has 0 fully saturated rings. The lowest BCUT2D eigenvalue weighted by Crippen LogP contribution is -2.24. The Morgan fingerprint density at radius 2 is 2.05 bits per heavy atom. The highest BCUT2D eigenvalue weighted by Crippen LogP contribution is 2.15. The van der Waals surface area contributed by atoms with Gasteiger partial charge in [0.05, 0.1) is 5.69 Å². The molecule has 0 radical (unpaired) electrons. The van der Waals surface area contributed by atoms with Gasteiger partial charge in [0.25, 0.3) is 0 Å². The summed E-state index contributed by atoms with van der Waals surface area (Å²) in [7, 11) is 0. The molecule has 0 saturated carbocycles. The summed E-state index contributed by atoms with van der Waals surface area (Å²) in [5.41, 5.74) is 0.582. The Bertz CT molecular complexity index is 432. The Morgan fingerprint density at radius 3 is 2.58 bits per heavy atom. The van der Waals surface area contributed by atoms with Crippen LogP contribution in [0.5, 0.6) is 0 Å². The second-order valence-corrected chi connectivity index (χ2v) is 6.10. The van der Waals surface area contributed by atoms with E-state index in [1.165, 1.54) is 0 Å². The molecule has 0 aliphatic heterocycles. The first-order valence-corrected chi connectivity index (χ1v) is 6.88. The number of aromatic nitrogens is 3. The number of hydrogen-bond donors (Lipinski definition) is 0. The van der Waals surface area contributed by atoms with Gasteiger partial charge in [-0.3, -0.25) is 0 Å². The van der Waals surface area contributed by atoms with Gasteiger partial charge in [-0.1, -0.05) is 25.5 Å². The molecule has 0 saturated heterocycles. The highest BCUT2D eigenvalue weighted by Gasteiger charge is 2.23. The van der Waals surface area contributed by atoms with Gasteiger partial charge in [-0.05, 0) is 40.0 Å². The van der Waals surface area contributed by atoms with Crippen molar-refractivity contribution in [3.8, 4) is 0 Å². The SMILES string of the molecule is CCCC(C)Cn1nnc(C(=O)OC(C)(C)C)c1C. The maximum atomic E-state index is 12.0. The Hall–Kier alpha value is -1.39. The van der Waals surface area contributed by atoms with Gasteiger partial charge in [0.1, 0.15) is 5.60 Å². The largest absolute Gasteiger partial charge is 0.455 e. The molecular formula is C14H25N3O2. The van der Waals surface area contributed by atoms with Crippen LogP contribution in [0.25, 0.3) is 0 Å². The fourth-order valence-corrected chi connectivity index (χ4v) is 1.93. The third kappa shape index (κ3) is 4.65. The zero-order chi connectivity index (χ0) is 14.6. The lowest BCUT2D eigenvalue weighted by atomic mass is 10.1. The Labute approximate surface area is 115 Å². The van der Waals surface area contributed by atoms with E-state index < -0.39 is 11.6 Å². The van der Waals surface area contributed by atoms with Crippen LogP contribution >= 0.6 is 0 Å². The molecule has 1 rings (SSSR count). The lowest BCUT2D eigenvalue weighted by molar-refractivity contribution is 0.00618. The van der Waals surface area contributed by atoms with E-state index in [0.29, 0.717) is 11.6 Å². The van der Waals surface area contributed by atoms with E-state index in [2.05, 4.69) is 24.2 Å². The van der Waals surface area contributed by atoms with Gasteiger partial charge in [0.15, 0.2) is 5.69 Å². The van der Waals surface area contributed by atoms with E-state index in [1.807, 2.05) is 27.7 Å². The molecule has 1 heterocycles. The fraction of sp³-hybridized carbons (Fsp3) is 0.786. The van der Waals surface area contributed by atoms with Crippen molar-refractivity contribution in [3.63, 3.8) is 0 Å². The standard InChI is InChI=1S/C14H25N3O2/c1-7-8-10(2)9-17-11(3)12(15-16-17)13(18)19-14(4,5)6/h10H,7-9H2,1-6H3. The molecular weight excluding hydrogens is 242 g/mol. The molecule has 0 aliphatic carbocycles. The van der Waals surface area contributed by atoms with Gasteiger partial charge in [-0.2, -0.15) is 0 Å². The molecule has 0 aliphatic rings. The highest BCUT2D eigenvalue weighted by molar-refractivity contribution is 5.88. The van der Waals surface area contributed by atoms with Gasteiger partial charge in [0, 0.05) is 6.54 Å². The second-order valence-electron chi connectivity index (χ2n) is 6.10. The van der Waals surface area contributed by atoms with E-state index in [-0.39, 0.29) is 0 Å². The van der Waals surface area contributed by atoms with Crippen molar-refractivity contribution < 1.29 is 9.53 Å². The maximum Gasteiger partial charge on any atom is 0.361 e. The quantitative estimate of drug-likeness (QED) is 0.770. The number of carbonyl (C=O) groups excluding carboxylic acids is 1. The van der Waals surface area contributed by atoms with Crippen LogP contribution in [0.2, 0.25) is 0 Å². The number of esters is 1. The Kier molecular flexibility index (Phi) is 5.09. The molecule has 0 spiro atoms. The number of ether oxygens (including phenoxy) is 1. The van der Waals surface area contributed by atoms with Gasteiger partial charge in [0.2, 0.25) is 0 Å². The highest BCUT2D eigenvalue weighted by atomic mass is 16.6. The summed E-state index contributed by atoms with van der Waals surface area (Å²) in [4.78, 5) is 12.0. The molecule has 5 nitrogen and oxygen atoms in total. The smallest absolute Gasteiger partial charge is 0.361 e. The summed E-state index contributed by atoms with van der Waals surface area (Å²) in [6.07, 6.45) is 2.29. The first kappa shape index (κ1) is 15.7. The summed E-state index contributed by atoms with van der Waals surface area (Å²) in [6, 6.07) is 0. The van der Waals surface area contributed by atoms with Gasteiger partial charge >= 0.3 is 5.97 Å². The zero-order valence-corrected chi connectivity index (χ0v) is 12.9. The monoisotopic (exact) mass is 267 g/mol. The molecule has 1 aromatic rings. The van der Waals surface area contributed by atoms with E-state index in [4.69, 9.17) is 4.74 Å². The molecule has 108 valence electrons. The minimum absolute atomic E-state index is 0.318. The third-order valence-corrected chi connectivity index (χ3v) is 2.84. The molecule has 1 aromatic heterocycles. The average Bonchev–Trinajstić information content (AvgIpc) is 2.58. The van der Waals surface area contributed by atoms with Crippen LogP contribution in [0.4, 0.5) is 0 Å². The van der Waals surface area contributed by atoms with E-state index in [0.717, 1.165) is 25.1 Å². The predicted octanol–water partition coefficient (Wildman–Crippen LogP) is 2.98. The van der Waals surface area contributed by atoms with E-state index in [9.17, 15) is 4.79 Å². The van der Waals surface area contributed by atoms with Crippen LogP contribution in [-0.2, 0) is 11.3 Å². The summed E-state index contributed by atoms with van der Waals surface area (Å²) in [5.74, 6) is 0.122. The van der Waals surface area contributed by atoms with Crippen LogP contribution in [-0.4, -0.2) is 26.6 Å². The Morgan fingerprint density at radius 1 is 1.42 bits per heavy atom. The molecule has 0 bridgehead atoms. The van der Waals surface area contributed by atoms with Gasteiger partial charge in [-0.25, -0.2) is 9.48 Å². The molecule has 5 heteroatoms. The fourth-order valence-electron chi connectivity index (χ4n) is 1.93. The second kappa shape index (κ2) is 6.17. The van der Waals surface area contributed by atoms with Crippen molar-refractivity contribution in [2.75, 3.05) is 0 Å². The van der Waals surface area contributed by atoms with Crippen molar-refractivity contribution in [2.45, 2.75) is 66.5 Å². The molecule has 19 heavy (non-hydrogen) atoms. The molecule has 0 aromatic carbocycles. The van der Waals surface area contributed by atoms with Crippen LogP contribution in [0.15, 0.2) is 0 Å². The zero-order valence-electron chi connectivity index (χ0n) is 12.9. The normalized spacial score (nSPS) is 13.4. The number of carbonyl (C=O) groups is 1. The van der Waals surface area contributed by atoms with Crippen molar-refractivity contribution in [3.05, 3.63) is 11.4 Å². The average molecular weight is 267 g/mol. The first-order valence-electron chi connectivity index (χ1n) is 6.88.